The predicted octanol–water partition coefficient (Wildman–Crippen LogP) is 3.25. The van der Waals surface area contributed by atoms with E-state index in [1.165, 1.54) is 5.56 Å². The number of hydrogen-bond donors (Lipinski definition) is 0. The maximum Gasteiger partial charge on any atom is 0.118 e. The second kappa shape index (κ2) is 5.01. The molecule has 0 spiro atoms. The monoisotopic (exact) mass is 317 g/mol. The number of benzene rings is 1. The van der Waals surface area contributed by atoms with Gasteiger partial charge in [0, 0.05) is 6.54 Å². The van der Waals surface area contributed by atoms with Gasteiger partial charge in [0.1, 0.15) is 15.9 Å². The van der Waals surface area contributed by atoms with Crippen LogP contribution in [-0.4, -0.2) is 21.6 Å². The Morgan fingerprint density at radius 3 is 2.74 bits per heavy atom. The average Bonchev–Trinajstić information content (AvgIpc) is 2.82. The SMILES string of the molecule is COc1ccc(Cn2cnc3cnc(Br)cc32)cc1. The lowest BCUT2D eigenvalue weighted by atomic mass is 10.2. The third kappa shape index (κ3) is 2.46. The van der Waals surface area contributed by atoms with E-state index in [1.54, 1.807) is 13.3 Å². The van der Waals surface area contributed by atoms with E-state index in [1.807, 2.05) is 24.5 Å². The van der Waals surface area contributed by atoms with Gasteiger partial charge >= 0.3 is 0 Å². The third-order valence-corrected chi connectivity index (χ3v) is 3.42. The Hall–Kier alpha value is -1.88. The van der Waals surface area contributed by atoms with Crippen LogP contribution < -0.4 is 4.74 Å². The molecule has 0 fully saturated rings. The van der Waals surface area contributed by atoms with Crippen molar-refractivity contribution in [3.63, 3.8) is 0 Å². The summed E-state index contributed by atoms with van der Waals surface area (Å²) in [6, 6.07) is 10.0. The molecule has 0 aliphatic heterocycles. The molecular formula is C14H12BrN3O. The van der Waals surface area contributed by atoms with Gasteiger partial charge in [0.15, 0.2) is 0 Å². The van der Waals surface area contributed by atoms with Crippen LogP contribution in [0.3, 0.4) is 0 Å². The van der Waals surface area contributed by atoms with Gasteiger partial charge in [-0.25, -0.2) is 9.97 Å². The fourth-order valence-electron chi connectivity index (χ4n) is 1.99. The number of halogens is 1. The highest BCUT2D eigenvalue weighted by molar-refractivity contribution is 9.10. The molecule has 0 N–H and O–H groups in total. The number of pyridine rings is 1. The standard InChI is InChI=1S/C14H12BrN3O/c1-19-11-4-2-10(3-5-11)8-18-9-17-12-7-16-14(15)6-13(12)18/h2-7,9H,8H2,1H3. The van der Waals surface area contributed by atoms with Gasteiger partial charge in [-0.2, -0.15) is 0 Å². The summed E-state index contributed by atoms with van der Waals surface area (Å²) in [6.07, 6.45) is 3.60. The Morgan fingerprint density at radius 2 is 2.00 bits per heavy atom. The molecule has 2 aromatic heterocycles. The predicted molar refractivity (Wildman–Crippen MR) is 77.3 cm³/mol. The summed E-state index contributed by atoms with van der Waals surface area (Å²) in [5, 5.41) is 0. The van der Waals surface area contributed by atoms with Crippen molar-refractivity contribution in [3.05, 3.63) is 53.0 Å². The average molecular weight is 318 g/mol. The molecule has 4 nitrogen and oxygen atoms in total. The summed E-state index contributed by atoms with van der Waals surface area (Å²) in [5.41, 5.74) is 3.17. The number of fused-ring (bicyclic) bond motifs is 1. The van der Waals surface area contributed by atoms with Crippen LogP contribution in [0.1, 0.15) is 5.56 Å². The molecule has 3 rings (SSSR count). The molecule has 0 aliphatic carbocycles. The smallest absolute Gasteiger partial charge is 0.118 e. The van der Waals surface area contributed by atoms with E-state index in [0.717, 1.165) is 27.9 Å². The molecule has 3 aromatic rings. The summed E-state index contributed by atoms with van der Waals surface area (Å²) >= 11 is 3.39. The Morgan fingerprint density at radius 1 is 1.21 bits per heavy atom. The molecule has 0 aliphatic rings. The summed E-state index contributed by atoms with van der Waals surface area (Å²) in [5.74, 6) is 0.867. The van der Waals surface area contributed by atoms with Crippen molar-refractivity contribution >= 4 is 27.0 Å². The van der Waals surface area contributed by atoms with Crippen LogP contribution in [0.25, 0.3) is 11.0 Å². The molecule has 0 atom stereocenters. The van der Waals surface area contributed by atoms with E-state index in [-0.39, 0.29) is 0 Å². The first-order chi connectivity index (χ1) is 9.26. The summed E-state index contributed by atoms with van der Waals surface area (Å²) in [4.78, 5) is 8.52. The highest BCUT2D eigenvalue weighted by Crippen LogP contribution is 2.18. The Bertz CT molecular complexity index is 706. The van der Waals surface area contributed by atoms with Crippen LogP contribution in [0.2, 0.25) is 0 Å². The van der Waals surface area contributed by atoms with Gasteiger partial charge in [-0.3, -0.25) is 0 Å². The molecule has 0 amide bonds. The van der Waals surface area contributed by atoms with Crippen molar-refractivity contribution in [2.45, 2.75) is 6.54 Å². The lowest BCUT2D eigenvalue weighted by Gasteiger charge is -2.06. The number of hydrogen-bond acceptors (Lipinski definition) is 3. The first kappa shape index (κ1) is 12.2. The maximum absolute atomic E-state index is 5.16. The molecule has 5 heteroatoms. The number of aromatic nitrogens is 3. The number of rotatable bonds is 3. The first-order valence-corrected chi connectivity index (χ1v) is 6.65. The summed E-state index contributed by atoms with van der Waals surface area (Å²) < 4.78 is 8.07. The summed E-state index contributed by atoms with van der Waals surface area (Å²) in [6.45, 7) is 0.775. The van der Waals surface area contributed by atoms with Crippen molar-refractivity contribution in [1.29, 1.82) is 0 Å². The quantitative estimate of drug-likeness (QED) is 0.696. The van der Waals surface area contributed by atoms with Crippen LogP contribution in [-0.2, 0) is 6.54 Å². The van der Waals surface area contributed by atoms with Crippen LogP contribution in [0.4, 0.5) is 0 Å². The maximum atomic E-state index is 5.16. The Balaban J connectivity index is 1.93. The molecule has 0 radical (unpaired) electrons. The van der Waals surface area contributed by atoms with Crippen molar-refractivity contribution in [2.24, 2.45) is 0 Å². The van der Waals surface area contributed by atoms with Gasteiger partial charge in [-0.1, -0.05) is 12.1 Å². The molecule has 0 saturated heterocycles. The van der Waals surface area contributed by atoms with E-state index in [9.17, 15) is 0 Å². The first-order valence-electron chi connectivity index (χ1n) is 5.85. The van der Waals surface area contributed by atoms with Gasteiger partial charge < -0.3 is 9.30 Å². The number of nitrogens with zero attached hydrogens (tertiary/aromatic N) is 3. The largest absolute Gasteiger partial charge is 0.497 e. The zero-order valence-electron chi connectivity index (χ0n) is 10.4. The minimum absolute atomic E-state index is 0.775. The molecular weight excluding hydrogens is 306 g/mol. The van der Waals surface area contributed by atoms with Crippen molar-refractivity contribution in [2.75, 3.05) is 7.11 Å². The van der Waals surface area contributed by atoms with Crippen molar-refractivity contribution in [3.8, 4) is 5.75 Å². The highest BCUT2D eigenvalue weighted by atomic mass is 79.9. The van der Waals surface area contributed by atoms with Crippen LogP contribution >= 0.6 is 15.9 Å². The molecule has 0 unspecified atom stereocenters. The molecule has 0 saturated carbocycles. The fourth-order valence-corrected chi connectivity index (χ4v) is 2.31. The van der Waals surface area contributed by atoms with Crippen LogP contribution in [0, 0.1) is 0 Å². The minimum atomic E-state index is 0.775. The Kier molecular flexibility index (Phi) is 3.21. The van der Waals surface area contributed by atoms with Gasteiger partial charge in [0.2, 0.25) is 0 Å². The number of methoxy groups -OCH3 is 1. The highest BCUT2D eigenvalue weighted by Gasteiger charge is 2.04. The molecule has 0 bridgehead atoms. The minimum Gasteiger partial charge on any atom is -0.497 e. The van der Waals surface area contributed by atoms with E-state index in [0.29, 0.717) is 0 Å². The number of imidazole rings is 1. The molecule has 96 valence electrons. The molecule has 2 heterocycles. The van der Waals surface area contributed by atoms with Gasteiger partial charge in [-0.15, -0.1) is 0 Å². The molecule has 19 heavy (non-hydrogen) atoms. The van der Waals surface area contributed by atoms with Crippen LogP contribution in [0.15, 0.2) is 47.5 Å². The second-order valence-corrected chi connectivity index (χ2v) is 5.03. The number of ether oxygens (including phenoxy) is 1. The van der Waals surface area contributed by atoms with Gasteiger partial charge in [0.25, 0.3) is 0 Å². The fraction of sp³-hybridized carbons (Fsp3) is 0.143. The zero-order chi connectivity index (χ0) is 13.2. The van der Waals surface area contributed by atoms with E-state index in [2.05, 4.69) is 42.6 Å². The second-order valence-electron chi connectivity index (χ2n) is 4.22. The lowest BCUT2D eigenvalue weighted by molar-refractivity contribution is 0.414. The normalized spacial score (nSPS) is 10.8. The van der Waals surface area contributed by atoms with E-state index in [4.69, 9.17) is 4.74 Å². The van der Waals surface area contributed by atoms with Crippen LogP contribution in [0.5, 0.6) is 5.75 Å². The molecule has 1 aromatic carbocycles. The van der Waals surface area contributed by atoms with E-state index < -0.39 is 0 Å². The lowest BCUT2D eigenvalue weighted by Crippen LogP contribution is -1.98. The van der Waals surface area contributed by atoms with Gasteiger partial charge in [-0.05, 0) is 39.7 Å². The van der Waals surface area contributed by atoms with Crippen molar-refractivity contribution in [1.82, 2.24) is 14.5 Å². The third-order valence-electron chi connectivity index (χ3n) is 2.99. The van der Waals surface area contributed by atoms with E-state index >= 15 is 0 Å². The van der Waals surface area contributed by atoms with Crippen molar-refractivity contribution < 1.29 is 4.74 Å². The topological polar surface area (TPSA) is 39.9 Å². The summed E-state index contributed by atoms with van der Waals surface area (Å²) in [7, 11) is 1.67. The zero-order valence-corrected chi connectivity index (χ0v) is 12.0. The van der Waals surface area contributed by atoms with Gasteiger partial charge in [0.05, 0.1) is 25.2 Å². The Labute approximate surface area is 119 Å².